The molecular weight excluding hydrogens is 300 g/mol. The van der Waals surface area contributed by atoms with Crippen LogP contribution in [0.15, 0.2) is 18.2 Å². The summed E-state index contributed by atoms with van der Waals surface area (Å²) in [5.41, 5.74) is -0.00307. The molecule has 0 saturated heterocycles. The van der Waals surface area contributed by atoms with E-state index in [0.29, 0.717) is 0 Å². The maximum Gasteiger partial charge on any atom is 0.339 e. The number of carbonyl (C=O) groups excluding carboxylic acids is 2. The predicted octanol–water partition coefficient (Wildman–Crippen LogP) is 0.526. The highest BCUT2D eigenvalue weighted by atomic mass is 32.2. The van der Waals surface area contributed by atoms with Gasteiger partial charge in [-0.2, -0.15) is 13.1 Å². The maximum atomic E-state index is 11.7. The molecule has 116 valence electrons. The molecule has 1 aromatic carbocycles. The van der Waals surface area contributed by atoms with E-state index in [0.717, 1.165) is 0 Å². The fraction of sp³-hybridized carbons (Fsp3) is 0.333. The normalized spacial score (nSPS) is 10.8. The van der Waals surface area contributed by atoms with E-state index in [9.17, 15) is 18.0 Å². The molecule has 0 radical (unpaired) electrons. The van der Waals surface area contributed by atoms with E-state index in [-0.39, 0.29) is 23.4 Å². The Kier molecular flexibility index (Phi) is 5.68. The van der Waals surface area contributed by atoms with Crippen LogP contribution in [0.3, 0.4) is 0 Å². The minimum atomic E-state index is -3.86. The van der Waals surface area contributed by atoms with Gasteiger partial charge in [-0.3, -0.25) is 4.72 Å². The molecule has 21 heavy (non-hydrogen) atoms. The van der Waals surface area contributed by atoms with Gasteiger partial charge in [-0.15, -0.1) is 0 Å². The van der Waals surface area contributed by atoms with Crippen molar-refractivity contribution in [2.45, 2.75) is 6.92 Å². The lowest BCUT2D eigenvalue weighted by Gasteiger charge is -2.12. The Balaban J connectivity index is 3.29. The molecule has 1 rings (SSSR count). The molecule has 0 aliphatic carbocycles. The minimum absolute atomic E-state index is 0.0216. The van der Waals surface area contributed by atoms with E-state index in [4.69, 9.17) is 0 Å². The minimum Gasteiger partial charge on any atom is -0.465 e. The lowest BCUT2D eigenvalue weighted by Crippen LogP contribution is -2.30. The summed E-state index contributed by atoms with van der Waals surface area (Å²) in [6.45, 7) is 1.77. The number of hydrogen-bond donors (Lipinski definition) is 2. The molecule has 2 N–H and O–H groups in total. The summed E-state index contributed by atoms with van der Waals surface area (Å²) >= 11 is 0. The van der Waals surface area contributed by atoms with Crippen LogP contribution in [0.5, 0.6) is 0 Å². The molecular formula is C12H16N2O6S. The molecule has 9 heteroatoms. The number of carbonyl (C=O) groups is 2. The standard InChI is InChI=1S/C12H16N2O6S/c1-4-13-21(17,18)14-10-7-8(11(15)19-2)5-6-9(10)12(16)20-3/h5-7,13-14H,4H2,1-3H3. The molecule has 0 aliphatic heterocycles. The number of hydrogen-bond acceptors (Lipinski definition) is 6. The summed E-state index contributed by atoms with van der Waals surface area (Å²) in [4.78, 5) is 23.1. The van der Waals surface area contributed by atoms with Gasteiger partial charge in [0, 0.05) is 6.54 Å². The van der Waals surface area contributed by atoms with E-state index in [2.05, 4.69) is 18.9 Å². The van der Waals surface area contributed by atoms with Crippen LogP contribution in [0.4, 0.5) is 5.69 Å². The first-order chi connectivity index (χ1) is 9.84. The molecule has 1 aromatic rings. The lowest BCUT2D eigenvalue weighted by atomic mass is 10.1. The summed E-state index contributed by atoms with van der Waals surface area (Å²) in [6, 6.07) is 3.82. The highest BCUT2D eigenvalue weighted by Crippen LogP contribution is 2.20. The summed E-state index contributed by atoms with van der Waals surface area (Å²) in [6.07, 6.45) is 0. The van der Waals surface area contributed by atoms with Crippen LogP contribution in [0.25, 0.3) is 0 Å². The molecule has 0 saturated carbocycles. The van der Waals surface area contributed by atoms with E-state index in [1.165, 1.54) is 32.4 Å². The monoisotopic (exact) mass is 316 g/mol. The largest absolute Gasteiger partial charge is 0.465 e. The van der Waals surface area contributed by atoms with Crippen molar-refractivity contribution in [3.8, 4) is 0 Å². The van der Waals surface area contributed by atoms with Crippen LogP contribution in [-0.4, -0.2) is 41.1 Å². The van der Waals surface area contributed by atoms with Gasteiger partial charge in [-0.1, -0.05) is 6.92 Å². The average molecular weight is 316 g/mol. The van der Waals surface area contributed by atoms with E-state index in [1.807, 2.05) is 0 Å². The molecule has 0 amide bonds. The molecule has 0 unspecified atom stereocenters. The Morgan fingerprint density at radius 2 is 1.76 bits per heavy atom. The first-order valence-corrected chi connectivity index (χ1v) is 7.41. The number of nitrogens with one attached hydrogen (secondary N) is 2. The molecule has 0 atom stereocenters. The summed E-state index contributed by atoms with van der Waals surface area (Å²) in [5.74, 6) is -1.39. The highest BCUT2D eigenvalue weighted by molar-refractivity contribution is 7.90. The maximum absolute atomic E-state index is 11.7. The van der Waals surface area contributed by atoms with Gasteiger partial charge in [0.2, 0.25) is 0 Å². The van der Waals surface area contributed by atoms with Crippen molar-refractivity contribution >= 4 is 27.8 Å². The number of methoxy groups -OCH3 is 2. The van der Waals surface area contributed by atoms with Crippen molar-refractivity contribution in [2.75, 3.05) is 25.5 Å². The number of rotatable bonds is 6. The van der Waals surface area contributed by atoms with E-state index >= 15 is 0 Å². The molecule has 0 spiro atoms. The zero-order valence-electron chi connectivity index (χ0n) is 11.8. The van der Waals surface area contributed by atoms with Crippen LogP contribution < -0.4 is 9.44 Å². The topological polar surface area (TPSA) is 111 Å². The van der Waals surface area contributed by atoms with Gasteiger partial charge in [-0.25, -0.2) is 9.59 Å². The van der Waals surface area contributed by atoms with Gasteiger partial charge >= 0.3 is 11.9 Å². The van der Waals surface area contributed by atoms with Gasteiger partial charge in [0.15, 0.2) is 0 Å². The lowest BCUT2D eigenvalue weighted by molar-refractivity contribution is 0.0587. The summed E-state index contributed by atoms with van der Waals surface area (Å²) in [5, 5.41) is 0. The number of esters is 2. The Morgan fingerprint density at radius 1 is 1.14 bits per heavy atom. The summed E-state index contributed by atoms with van der Waals surface area (Å²) in [7, 11) is -1.50. The van der Waals surface area contributed by atoms with Crippen LogP contribution >= 0.6 is 0 Å². The van der Waals surface area contributed by atoms with Gasteiger partial charge in [0.1, 0.15) is 0 Å². The van der Waals surface area contributed by atoms with Crippen molar-refractivity contribution in [3.63, 3.8) is 0 Å². The number of anilines is 1. The van der Waals surface area contributed by atoms with E-state index < -0.39 is 22.1 Å². The highest BCUT2D eigenvalue weighted by Gasteiger charge is 2.19. The predicted molar refractivity (Wildman–Crippen MR) is 75.3 cm³/mol. The first kappa shape index (κ1) is 16.9. The van der Waals surface area contributed by atoms with Crippen LogP contribution in [0.1, 0.15) is 27.6 Å². The van der Waals surface area contributed by atoms with Gasteiger partial charge in [0.05, 0.1) is 31.0 Å². The number of benzene rings is 1. The Bertz CT molecular complexity index is 641. The second kappa shape index (κ2) is 7.04. The van der Waals surface area contributed by atoms with Crippen molar-refractivity contribution < 1.29 is 27.5 Å². The molecule has 0 aliphatic rings. The second-order valence-corrected chi connectivity index (χ2v) is 5.35. The third-order valence-electron chi connectivity index (χ3n) is 2.42. The van der Waals surface area contributed by atoms with Gasteiger partial charge in [0.25, 0.3) is 10.2 Å². The van der Waals surface area contributed by atoms with Crippen LogP contribution in [0.2, 0.25) is 0 Å². The Morgan fingerprint density at radius 3 is 2.29 bits per heavy atom. The average Bonchev–Trinajstić information content (AvgIpc) is 2.44. The molecule has 0 aromatic heterocycles. The smallest absolute Gasteiger partial charge is 0.339 e. The Hall–Kier alpha value is -2.13. The Labute approximate surface area is 122 Å². The zero-order valence-corrected chi connectivity index (χ0v) is 12.6. The first-order valence-electron chi connectivity index (χ1n) is 5.92. The number of ether oxygens (including phenoxy) is 2. The SMILES string of the molecule is CCNS(=O)(=O)Nc1cc(C(=O)OC)ccc1C(=O)OC. The van der Waals surface area contributed by atoms with Crippen molar-refractivity contribution in [2.24, 2.45) is 0 Å². The second-order valence-electron chi connectivity index (χ2n) is 3.85. The van der Waals surface area contributed by atoms with E-state index in [1.54, 1.807) is 6.92 Å². The quantitative estimate of drug-likeness (QED) is 0.740. The fourth-order valence-corrected chi connectivity index (χ4v) is 2.44. The van der Waals surface area contributed by atoms with Crippen molar-refractivity contribution in [1.29, 1.82) is 0 Å². The zero-order chi connectivity index (χ0) is 16.0. The van der Waals surface area contributed by atoms with Crippen LogP contribution in [0, 0.1) is 0 Å². The van der Waals surface area contributed by atoms with Crippen molar-refractivity contribution in [1.82, 2.24) is 4.72 Å². The molecule has 0 bridgehead atoms. The van der Waals surface area contributed by atoms with Crippen LogP contribution in [-0.2, 0) is 19.7 Å². The fourth-order valence-electron chi connectivity index (χ4n) is 1.53. The molecule has 0 fully saturated rings. The third kappa shape index (κ3) is 4.43. The molecule has 8 nitrogen and oxygen atoms in total. The molecule has 0 heterocycles. The third-order valence-corrected chi connectivity index (χ3v) is 3.58. The summed E-state index contributed by atoms with van der Waals surface area (Å²) < 4.78 is 36.9. The van der Waals surface area contributed by atoms with Gasteiger partial charge < -0.3 is 9.47 Å². The van der Waals surface area contributed by atoms with Gasteiger partial charge in [-0.05, 0) is 18.2 Å². The van der Waals surface area contributed by atoms with Crippen molar-refractivity contribution in [3.05, 3.63) is 29.3 Å².